The molecule has 7 aromatic rings. The highest BCUT2D eigenvalue weighted by atomic mass is 16.5. The third-order valence-corrected chi connectivity index (χ3v) is 9.93. The minimum absolute atomic E-state index is 0.605. The molecule has 0 saturated heterocycles. The summed E-state index contributed by atoms with van der Waals surface area (Å²) in [5.41, 5.74) is 11.7. The lowest BCUT2D eigenvalue weighted by molar-refractivity contribution is 0.472. The van der Waals surface area contributed by atoms with Crippen LogP contribution in [-0.2, 0) is 6.54 Å². The molecule has 6 aromatic carbocycles. The Hall–Kier alpha value is -6.92. The Morgan fingerprint density at radius 3 is 1.87 bits per heavy atom. The van der Waals surface area contributed by atoms with Gasteiger partial charge >= 0.3 is 0 Å². The zero-order chi connectivity index (χ0) is 34.6. The molecule has 1 aromatic heterocycles. The quantitative estimate of drug-likeness (QED) is 0.190. The van der Waals surface area contributed by atoms with Gasteiger partial charge in [0.2, 0.25) is 0 Å². The van der Waals surface area contributed by atoms with E-state index in [0.717, 1.165) is 101 Å². The molecule has 0 unspecified atom stereocenters. The number of para-hydroxylation sites is 2. The maximum absolute atomic E-state index is 6.99. The molecule has 0 atom stereocenters. The molecule has 0 radical (unpaired) electrons. The summed E-state index contributed by atoms with van der Waals surface area (Å²) in [6.45, 7) is 5.71. The van der Waals surface area contributed by atoms with Crippen molar-refractivity contribution in [3.8, 4) is 73.3 Å². The first kappa shape index (κ1) is 29.9. The van der Waals surface area contributed by atoms with Crippen molar-refractivity contribution in [2.75, 3.05) is 6.54 Å². The van der Waals surface area contributed by atoms with E-state index in [1.807, 2.05) is 72.9 Å². The second kappa shape index (κ2) is 12.1. The number of hydrogen-bond acceptors (Lipinski definition) is 6. The van der Waals surface area contributed by atoms with E-state index in [9.17, 15) is 0 Å². The summed E-state index contributed by atoms with van der Waals surface area (Å²) in [7, 11) is 0. The normalized spacial score (nSPS) is 14.5. The highest BCUT2D eigenvalue weighted by molar-refractivity contribution is 5.99. The summed E-state index contributed by atoms with van der Waals surface area (Å²) in [4.78, 5) is 0. The highest BCUT2D eigenvalue weighted by Crippen LogP contribution is 2.49. The van der Waals surface area contributed by atoms with Crippen LogP contribution in [0.5, 0.6) is 28.7 Å². The van der Waals surface area contributed by atoms with Gasteiger partial charge in [-0.05, 0) is 82.4 Å². The zero-order valence-electron chi connectivity index (χ0n) is 28.1. The summed E-state index contributed by atoms with van der Waals surface area (Å²) in [6.07, 6.45) is 7.39. The molecule has 10 rings (SSSR count). The summed E-state index contributed by atoms with van der Waals surface area (Å²) >= 11 is 0. The lowest BCUT2D eigenvalue weighted by Crippen LogP contribution is -2.12. The van der Waals surface area contributed by atoms with Gasteiger partial charge in [-0.25, -0.2) is 0 Å². The zero-order valence-corrected chi connectivity index (χ0v) is 28.1. The predicted octanol–water partition coefficient (Wildman–Crippen LogP) is 11.5. The smallest absolute Gasteiger partial charge is 0.136 e. The number of rotatable bonds is 2. The van der Waals surface area contributed by atoms with Crippen molar-refractivity contribution in [1.82, 2.24) is 10.6 Å². The van der Waals surface area contributed by atoms with Crippen LogP contribution in [0.4, 0.5) is 0 Å². The molecule has 0 amide bonds. The second-order valence-electron chi connectivity index (χ2n) is 13.0. The predicted molar refractivity (Wildman–Crippen MR) is 207 cm³/mol. The molecule has 0 aliphatic carbocycles. The minimum atomic E-state index is 0.605. The van der Waals surface area contributed by atoms with Crippen molar-refractivity contribution in [2.24, 2.45) is 0 Å². The lowest BCUT2D eigenvalue weighted by atomic mass is 9.91. The first-order valence-electron chi connectivity index (χ1n) is 17.3. The third kappa shape index (κ3) is 4.95. The molecule has 0 saturated carbocycles. The molecule has 0 spiro atoms. The Labute approximate surface area is 300 Å². The Morgan fingerprint density at radius 1 is 0.519 bits per heavy atom. The number of fused-ring (bicyclic) bond motifs is 10. The van der Waals surface area contributed by atoms with Crippen LogP contribution in [0.1, 0.15) is 16.9 Å². The van der Waals surface area contributed by atoms with Gasteiger partial charge in [0.15, 0.2) is 0 Å². The Morgan fingerprint density at radius 2 is 1.12 bits per heavy atom. The fourth-order valence-corrected chi connectivity index (χ4v) is 7.52. The van der Waals surface area contributed by atoms with E-state index < -0.39 is 0 Å². The number of benzene rings is 6. The maximum Gasteiger partial charge on any atom is 0.136 e. The molecular weight excluding hydrogens is 645 g/mol. The van der Waals surface area contributed by atoms with Crippen molar-refractivity contribution in [3.05, 3.63) is 163 Å². The van der Waals surface area contributed by atoms with Crippen LogP contribution in [0.25, 0.3) is 67.1 Å². The summed E-state index contributed by atoms with van der Waals surface area (Å²) in [5.74, 6) is 4.56. The van der Waals surface area contributed by atoms with Crippen LogP contribution in [0.3, 0.4) is 0 Å². The number of hydrogen-bond donors (Lipinski definition) is 2. The summed E-state index contributed by atoms with van der Waals surface area (Å²) in [5, 5.41) is 7.70. The molecule has 250 valence electrons. The molecule has 3 aliphatic rings. The van der Waals surface area contributed by atoms with Crippen LogP contribution < -0.4 is 24.8 Å². The van der Waals surface area contributed by atoms with Crippen molar-refractivity contribution < 1.29 is 18.6 Å². The monoisotopic (exact) mass is 676 g/mol. The van der Waals surface area contributed by atoms with Gasteiger partial charge in [0.25, 0.3) is 0 Å². The Balaban J connectivity index is 1.19. The summed E-state index contributed by atoms with van der Waals surface area (Å²) < 4.78 is 26.2. The third-order valence-electron chi connectivity index (χ3n) is 9.93. The van der Waals surface area contributed by atoms with Gasteiger partial charge in [-0.1, -0.05) is 79.4 Å². The molecule has 4 heterocycles. The van der Waals surface area contributed by atoms with E-state index in [1.165, 1.54) is 0 Å². The van der Waals surface area contributed by atoms with Gasteiger partial charge in [-0.3, -0.25) is 0 Å². The number of ether oxygens (including phenoxy) is 3. The molecule has 2 N–H and O–H groups in total. The van der Waals surface area contributed by atoms with Crippen LogP contribution in [0.15, 0.2) is 151 Å². The van der Waals surface area contributed by atoms with Gasteiger partial charge in [-0.15, -0.1) is 0 Å². The molecule has 0 fully saturated rings. The second-order valence-corrected chi connectivity index (χ2v) is 13.0. The molecular formula is C46H32N2O4. The van der Waals surface area contributed by atoms with E-state index >= 15 is 0 Å². The van der Waals surface area contributed by atoms with Crippen molar-refractivity contribution in [2.45, 2.75) is 6.54 Å². The van der Waals surface area contributed by atoms with Crippen molar-refractivity contribution in [1.29, 1.82) is 0 Å². The largest absolute Gasteiger partial charge is 0.463 e. The van der Waals surface area contributed by atoms with E-state index in [4.69, 9.17) is 18.6 Å². The van der Waals surface area contributed by atoms with Crippen molar-refractivity contribution >= 4 is 22.6 Å². The Bertz CT molecular complexity index is 2650. The molecule has 6 heteroatoms. The maximum atomic E-state index is 6.99. The van der Waals surface area contributed by atoms with E-state index in [1.54, 1.807) is 12.5 Å². The highest BCUT2D eigenvalue weighted by Gasteiger charge is 2.24. The van der Waals surface area contributed by atoms with E-state index in [2.05, 4.69) is 77.9 Å². The van der Waals surface area contributed by atoms with Crippen LogP contribution in [0.2, 0.25) is 0 Å². The average molecular weight is 677 g/mol. The van der Waals surface area contributed by atoms with Crippen LogP contribution in [-0.4, -0.2) is 6.54 Å². The lowest BCUT2D eigenvalue weighted by Gasteiger charge is -2.23. The summed E-state index contributed by atoms with van der Waals surface area (Å²) in [6, 6.07) is 41.4. The molecule has 0 bridgehead atoms. The van der Waals surface area contributed by atoms with Gasteiger partial charge in [-0.2, -0.15) is 0 Å². The average Bonchev–Trinajstić information content (AvgIpc) is 3.56. The standard InChI is InChI=1S/C46H32N2O4/c1-28-26-48-22-23-49-41-14-6-10-31(45(28)41)29-16-18-35-36-19-17-30(32-11-7-15-42-46(32)37-27-47-21-20-40(37)50-42)25-44(36)52-39-13-5-3-9-34(39)33-8-2-4-12-38(33)51-43(35)24-29/h2-25,47-48H,1,26-27H2/b23-22-. The van der Waals surface area contributed by atoms with E-state index in [0.29, 0.717) is 18.8 Å². The number of nitrogens with one attached hydrogen (secondary N) is 2. The first-order chi connectivity index (χ1) is 25.7. The van der Waals surface area contributed by atoms with Gasteiger partial charge in [0.05, 0.1) is 0 Å². The van der Waals surface area contributed by atoms with Crippen LogP contribution >= 0.6 is 0 Å². The number of furan rings is 1. The Kier molecular flexibility index (Phi) is 6.99. The van der Waals surface area contributed by atoms with Gasteiger partial charge < -0.3 is 29.3 Å². The van der Waals surface area contributed by atoms with Gasteiger partial charge in [0, 0.05) is 64.3 Å². The molecule has 3 aliphatic heterocycles. The van der Waals surface area contributed by atoms with Crippen LogP contribution in [0, 0.1) is 0 Å². The molecule has 6 nitrogen and oxygen atoms in total. The fourth-order valence-electron chi connectivity index (χ4n) is 7.52. The minimum Gasteiger partial charge on any atom is -0.463 e. The topological polar surface area (TPSA) is 64.9 Å². The first-order valence-corrected chi connectivity index (χ1v) is 17.3. The van der Waals surface area contributed by atoms with Gasteiger partial charge in [0.1, 0.15) is 46.4 Å². The van der Waals surface area contributed by atoms with Crippen molar-refractivity contribution in [3.63, 3.8) is 0 Å². The fraction of sp³-hybridized carbons (Fsp3) is 0.0435. The SMILES string of the molecule is C=C1CN/C=C\Oc2cccc(-c3ccc4c(c3)Oc3ccccc3-c3ccccc3Oc3cc(-c5cccc6oc7c(c56)CNC=C7)ccc3-4)c21. The van der Waals surface area contributed by atoms with E-state index in [-0.39, 0.29) is 0 Å². The molecule has 52 heavy (non-hydrogen) atoms.